The van der Waals surface area contributed by atoms with Gasteiger partial charge in [-0.25, -0.2) is 13.1 Å². The van der Waals surface area contributed by atoms with Crippen LogP contribution in [-0.4, -0.2) is 66.2 Å². The minimum absolute atomic E-state index is 0.0648. The first-order chi connectivity index (χ1) is 12.0. The Hall–Kier alpha value is -2.05. The third-order valence-corrected chi connectivity index (χ3v) is 5.27. The number of ether oxygens (including phenoxy) is 1. The van der Waals surface area contributed by atoms with E-state index in [1.165, 1.54) is 26.0 Å². The van der Waals surface area contributed by atoms with Crippen LogP contribution in [0.5, 0.6) is 0 Å². The van der Waals surface area contributed by atoms with Crippen LogP contribution in [0.3, 0.4) is 0 Å². The first-order valence-electron chi connectivity index (χ1n) is 7.67. The second kappa shape index (κ2) is 7.68. The maximum Gasteiger partial charge on any atom is 0.266 e. The van der Waals surface area contributed by atoms with Crippen LogP contribution >= 0.6 is 0 Å². The van der Waals surface area contributed by atoms with Crippen molar-refractivity contribution in [3.63, 3.8) is 0 Å². The predicted octanol–water partition coefficient (Wildman–Crippen LogP) is -1.93. The van der Waals surface area contributed by atoms with Crippen molar-refractivity contribution in [1.29, 1.82) is 0 Å². The van der Waals surface area contributed by atoms with Crippen molar-refractivity contribution in [1.82, 2.24) is 10.0 Å². The Kier molecular flexibility index (Phi) is 5.98. The number of amides is 2. The zero-order chi connectivity index (χ0) is 19.6. The average Bonchev–Trinajstić information content (AvgIpc) is 2.80. The maximum absolute atomic E-state index is 11.1. The molecular formula is C15H20N2O8S. The van der Waals surface area contributed by atoms with E-state index in [9.17, 15) is 33.3 Å². The van der Waals surface area contributed by atoms with Gasteiger partial charge < -0.3 is 25.4 Å². The zero-order valence-corrected chi connectivity index (χ0v) is 14.8. The number of carbonyl (C=O) groups excluding carboxylic acids is 2. The lowest BCUT2D eigenvalue weighted by molar-refractivity contribution is -0.242. The first-order valence-corrected chi connectivity index (χ1v) is 9.16. The highest BCUT2D eigenvalue weighted by atomic mass is 32.2. The van der Waals surface area contributed by atoms with Crippen LogP contribution in [0.15, 0.2) is 29.2 Å². The van der Waals surface area contributed by atoms with Gasteiger partial charge in [-0.3, -0.25) is 9.59 Å². The Bertz CT molecular complexity index is 797. The minimum atomic E-state index is -3.55. The first kappa shape index (κ1) is 20.3. The van der Waals surface area contributed by atoms with E-state index in [1.807, 2.05) is 4.72 Å². The molecule has 26 heavy (non-hydrogen) atoms. The summed E-state index contributed by atoms with van der Waals surface area (Å²) in [5.41, 5.74) is 0.220. The summed E-state index contributed by atoms with van der Waals surface area (Å²) >= 11 is 0. The standard InChI is InChI=1S/C8H15NO5.C7H5NO3S/c1-3-6(11)7(12)5(8(13)14-3)9-4(2)10;9-7-5-3-1-2-4-6(5)12(10,11)8-7/h3,5-8,11-13H,1-2H3,(H,9,10);1-4H,(H,8,9)/t3-,5-,6+,7-,8?;/m1./s1. The predicted molar refractivity (Wildman–Crippen MR) is 87.3 cm³/mol. The second-order valence-electron chi connectivity index (χ2n) is 5.87. The molecule has 1 saturated heterocycles. The van der Waals surface area contributed by atoms with Gasteiger partial charge in [0.15, 0.2) is 6.29 Å². The van der Waals surface area contributed by atoms with Crippen LogP contribution in [0.25, 0.3) is 0 Å². The number of aliphatic hydroxyl groups excluding tert-OH is 3. The molecule has 0 aromatic heterocycles. The molecule has 2 amide bonds. The van der Waals surface area contributed by atoms with Gasteiger partial charge >= 0.3 is 0 Å². The molecular weight excluding hydrogens is 368 g/mol. The van der Waals surface area contributed by atoms with Gasteiger partial charge in [0.2, 0.25) is 5.91 Å². The van der Waals surface area contributed by atoms with Gasteiger partial charge in [0, 0.05) is 6.92 Å². The van der Waals surface area contributed by atoms with Crippen molar-refractivity contribution in [2.45, 2.75) is 49.4 Å². The number of sulfonamides is 1. The summed E-state index contributed by atoms with van der Waals surface area (Å²) in [5, 5.41) is 30.6. The average molecular weight is 388 g/mol. The minimum Gasteiger partial charge on any atom is -0.388 e. The molecule has 1 fully saturated rings. The SMILES string of the molecule is CC(=O)N[C@H]1C(O)O[C@H](C)[C@H](O)[C@@H]1O.O=C1NS(=O)(=O)c2ccccc21. The normalized spacial score (nSPS) is 31.9. The van der Waals surface area contributed by atoms with E-state index in [4.69, 9.17) is 4.74 Å². The highest BCUT2D eigenvalue weighted by Crippen LogP contribution is 2.21. The lowest BCUT2D eigenvalue weighted by Gasteiger charge is -2.39. The van der Waals surface area contributed by atoms with E-state index in [0.717, 1.165) is 0 Å². The quantitative estimate of drug-likeness (QED) is 0.371. The summed E-state index contributed by atoms with van der Waals surface area (Å²) in [6.45, 7) is 2.78. The molecule has 0 bridgehead atoms. The number of hydrogen-bond donors (Lipinski definition) is 5. The fourth-order valence-electron chi connectivity index (χ4n) is 2.56. The lowest BCUT2D eigenvalue weighted by Crippen LogP contribution is -2.62. The third kappa shape index (κ3) is 4.19. The highest BCUT2D eigenvalue weighted by molar-refractivity contribution is 7.90. The van der Waals surface area contributed by atoms with E-state index < -0.39 is 52.5 Å². The molecule has 5 atom stereocenters. The Morgan fingerprint density at radius 2 is 1.81 bits per heavy atom. The molecule has 3 rings (SSSR count). The molecule has 0 saturated carbocycles. The number of fused-ring (bicyclic) bond motifs is 1. The van der Waals surface area contributed by atoms with Gasteiger partial charge in [-0.15, -0.1) is 0 Å². The van der Waals surface area contributed by atoms with E-state index in [0.29, 0.717) is 0 Å². The number of benzene rings is 1. The van der Waals surface area contributed by atoms with Gasteiger partial charge in [-0.05, 0) is 19.1 Å². The summed E-state index contributed by atoms with van der Waals surface area (Å²) in [6.07, 6.45) is -4.30. The Morgan fingerprint density at radius 1 is 1.19 bits per heavy atom. The number of hydrogen-bond acceptors (Lipinski definition) is 8. The second-order valence-corrected chi connectivity index (χ2v) is 7.52. The number of rotatable bonds is 1. The molecule has 1 unspecified atom stereocenters. The molecule has 10 nitrogen and oxygen atoms in total. The molecule has 5 N–H and O–H groups in total. The Morgan fingerprint density at radius 3 is 2.38 bits per heavy atom. The van der Waals surface area contributed by atoms with Crippen molar-refractivity contribution in [3.05, 3.63) is 29.8 Å². The molecule has 2 heterocycles. The van der Waals surface area contributed by atoms with Crippen LogP contribution < -0.4 is 10.0 Å². The Balaban J connectivity index is 0.000000189. The molecule has 2 aliphatic rings. The van der Waals surface area contributed by atoms with Crippen molar-refractivity contribution in [2.75, 3.05) is 0 Å². The smallest absolute Gasteiger partial charge is 0.266 e. The molecule has 11 heteroatoms. The van der Waals surface area contributed by atoms with E-state index in [2.05, 4.69) is 5.32 Å². The van der Waals surface area contributed by atoms with Gasteiger partial charge in [-0.2, -0.15) is 0 Å². The molecule has 2 aliphatic heterocycles. The summed E-state index contributed by atoms with van der Waals surface area (Å²) in [5.74, 6) is -0.955. The molecule has 1 aromatic carbocycles. The van der Waals surface area contributed by atoms with Gasteiger partial charge in [-0.1, -0.05) is 12.1 Å². The summed E-state index contributed by atoms with van der Waals surface area (Å²) in [6, 6.07) is 5.10. The van der Waals surface area contributed by atoms with Gasteiger partial charge in [0.05, 0.1) is 11.7 Å². The number of carbonyl (C=O) groups is 2. The van der Waals surface area contributed by atoms with Crippen LogP contribution in [-0.2, 0) is 19.6 Å². The maximum atomic E-state index is 11.1. The fourth-order valence-corrected chi connectivity index (χ4v) is 3.73. The topological polar surface area (TPSA) is 162 Å². The summed E-state index contributed by atoms with van der Waals surface area (Å²) in [4.78, 5) is 21.8. The zero-order valence-electron chi connectivity index (χ0n) is 14.0. The van der Waals surface area contributed by atoms with Crippen molar-refractivity contribution < 1.29 is 38.1 Å². The van der Waals surface area contributed by atoms with Crippen molar-refractivity contribution >= 4 is 21.8 Å². The molecule has 144 valence electrons. The fraction of sp³-hybridized carbons (Fsp3) is 0.467. The van der Waals surface area contributed by atoms with E-state index in [-0.39, 0.29) is 10.5 Å². The van der Waals surface area contributed by atoms with E-state index in [1.54, 1.807) is 12.1 Å². The van der Waals surface area contributed by atoms with E-state index >= 15 is 0 Å². The number of aliphatic hydroxyl groups is 3. The lowest BCUT2D eigenvalue weighted by atomic mass is 9.98. The van der Waals surface area contributed by atoms with Crippen LogP contribution in [0.2, 0.25) is 0 Å². The molecule has 0 aliphatic carbocycles. The number of nitrogens with one attached hydrogen (secondary N) is 2. The third-order valence-electron chi connectivity index (χ3n) is 3.88. The molecule has 1 aromatic rings. The van der Waals surface area contributed by atoms with Crippen molar-refractivity contribution in [2.24, 2.45) is 0 Å². The summed E-state index contributed by atoms with van der Waals surface area (Å²) < 4.78 is 29.1. The van der Waals surface area contributed by atoms with Crippen LogP contribution in [0.4, 0.5) is 0 Å². The highest BCUT2D eigenvalue weighted by Gasteiger charge is 2.42. The summed E-state index contributed by atoms with van der Waals surface area (Å²) in [7, 11) is -3.55. The van der Waals surface area contributed by atoms with Gasteiger partial charge in [0.1, 0.15) is 23.1 Å². The van der Waals surface area contributed by atoms with Crippen LogP contribution in [0, 0.1) is 0 Å². The monoisotopic (exact) mass is 388 g/mol. The van der Waals surface area contributed by atoms with Crippen molar-refractivity contribution in [3.8, 4) is 0 Å². The largest absolute Gasteiger partial charge is 0.388 e. The van der Waals surface area contributed by atoms with Gasteiger partial charge in [0.25, 0.3) is 15.9 Å². The molecule has 0 spiro atoms. The molecule has 0 radical (unpaired) electrons. The Labute approximate surface area is 149 Å². The van der Waals surface area contributed by atoms with Crippen LogP contribution in [0.1, 0.15) is 24.2 Å².